The van der Waals surface area contributed by atoms with Gasteiger partial charge in [0, 0.05) is 28.9 Å². The predicted octanol–water partition coefficient (Wildman–Crippen LogP) is 2.93. The van der Waals surface area contributed by atoms with Crippen molar-refractivity contribution in [3.05, 3.63) is 34.6 Å². The molecule has 0 fully saturated rings. The number of hydrogen-bond donors (Lipinski definition) is 0. The molecule has 0 amide bonds. The van der Waals surface area contributed by atoms with E-state index in [1.165, 1.54) is 0 Å². The summed E-state index contributed by atoms with van der Waals surface area (Å²) in [5, 5.41) is 0. The van der Waals surface area contributed by atoms with E-state index in [0.29, 0.717) is 17.8 Å². The quantitative estimate of drug-likeness (QED) is 0.627. The first-order valence-corrected chi connectivity index (χ1v) is 6.75. The molecule has 0 spiro atoms. The molecule has 0 N–H and O–H groups in total. The van der Waals surface area contributed by atoms with Crippen LogP contribution in [0.1, 0.15) is 34.1 Å². The Morgan fingerprint density at radius 3 is 2.63 bits per heavy atom. The van der Waals surface area contributed by atoms with Crippen LogP contribution in [0.4, 0.5) is 0 Å². The molecule has 0 radical (unpaired) electrons. The fourth-order valence-corrected chi connectivity index (χ4v) is 3.64. The predicted molar refractivity (Wildman–Crippen MR) is 71.0 cm³/mol. The Labute approximate surface area is 113 Å². The van der Waals surface area contributed by atoms with E-state index in [1.54, 1.807) is 0 Å². The summed E-state index contributed by atoms with van der Waals surface area (Å²) in [7, 11) is 0. The van der Waals surface area contributed by atoms with Crippen LogP contribution in [0, 0.1) is 17.3 Å². The summed E-state index contributed by atoms with van der Waals surface area (Å²) in [6, 6.07) is 0. The Kier molecular flexibility index (Phi) is 2.40. The number of ether oxygens (including phenoxy) is 1. The maximum atomic E-state index is 12.1. The number of allylic oxidation sites excluding steroid dienone is 4. The fraction of sp³-hybridized carbons (Fsp3) is 0.500. The maximum Gasteiger partial charge on any atom is 0.339 e. The molecule has 1 heterocycles. The minimum absolute atomic E-state index is 0.0312. The summed E-state index contributed by atoms with van der Waals surface area (Å²) >= 11 is 0. The van der Waals surface area contributed by atoms with Gasteiger partial charge in [0.25, 0.3) is 0 Å². The Morgan fingerprint density at radius 2 is 1.95 bits per heavy atom. The van der Waals surface area contributed by atoms with Crippen LogP contribution in [0.25, 0.3) is 0 Å². The van der Waals surface area contributed by atoms with E-state index in [-0.39, 0.29) is 29.0 Å². The number of Topliss-reactive ketones (excluding diaryl/α,β-unsaturated/α-hetero) is 1. The van der Waals surface area contributed by atoms with Gasteiger partial charge in [0.05, 0.1) is 0 Å². The Bertz CT molecular complexity index is 591. The van der Waals surface area contributed by atoms with E-state index < -0.39 is 0 Å². The lowest BCUT2D eigenvalue weighted by molar-refractivity contribution is -0.133. The Morgan fingerprint density at radius 1 is 1.26 bits per heavy atom. The molecular formula is C16H18O3. The van der Waals surface area contributed by atoms with E-state index in [1.807, 2.05) is 26.0 Å². The highest BCUT2D eigenvalue weighted by Gasteiger charge is 2.51. The van der Waals surface area contributed by atoms with Crippen LogP contribution in [0.5, 0.6) is 0 Å². The van der Waals surface area contributed by atoms with Gasteiger partial charge in [0.1, 0.15) is 11.5 Å². The second kappa shape index (κ2) is 3.69. The van der Waals surface area contributed by atoms with Gasteiger partial charge in [-0.1, -0.05) is 26.8 Å². The Hall–Kier alpha value is -1.64. The van der Waals surface area contributed by atoms with E-state index >= 15 is 0 Å². The van der Waals surface area contributed by atoms with Gasteiger partial charge in [0.15, 0.2) is 0 Å². The van der Waals surface area contributed by atoms with Gasteiger partial charge in [0.2, 0.25) is 0 Å². The monoisotopic (exact) mass is 258 g/mol. The van der Waals surface area contributed by atoms with Crippen molar-refractivity contribution in [1.29, 1.82) is 0 Å². The second-order valence-corrected chi connectivity index (χ2v) is 5.99. The molecule has 0 saturated carbocycles. The SMILES string of the molecule is CC1=C2C(=CC3=CCC(=O)C(C)C3(C)C2C)OC1=O. The highest BCUT2D eigenvalue weighted by molar-refractivity contribution is 5.95. The van der Waals surface area contributed by atoms with Crippen molar-refractivity contribution in [3.63, 3.8) is 0 Å². The van der Waals surface area contributed by atoms with Crippen LogP contribution >= 0.6 is 0 Å². The third-order valence-electron chi connectivity index (χ3n) is 5.33. The van der Waals surface area contributed by atoms with Crippen molar-refractivity contribution < 1.29 is 14.3 Å². The molecule has 19 heavy (non-hydrogen) atoms. The topological polar surface area (TPSA) is 43.4 Å². The highest BCUT2D eigenvalue weighted by Crippen LogP contribution is 2.55. The number of rotatable bonds is 0. The average molecular weight is 258 g/mol. The van der Waals surface area contributed by atoms with Crippen molar-refractivity contribution in [3.8, 4) is 0 Å². The van der Waals surface area contributed by atoms with Crippen LogP contribution in [0.3, 0.4) is 0 Å². The van der Waals surface area contributed by atoms with Crippen LogP contribution < -0.4 is 0 Å². The maximum absolute atomic E-state index is 12.1. The van der Waals surface area contributed by atoms with E-state index in [2.05, 4.69) is 13.8 Å². The van der Waals surface area contributed by atoms with E-state index in [9.17, 15) is 9.59 Å². The van der Waals surface area contributed by atoms with Gasteiger partial charge in [-0.25, -0.2) is 4.79 Å². The molecule has 3 rings (SSSR count). The van der Waals surface area contributed by atoms with Crippen LogP contribution in [0.2, 0.25) is 0 Å². The normalized spacial score (nSPS) is 37.5. The smallest absolute Gasteiger partial charge is 0.339 e. The van der Waals surface area contributed by atoms with Crippen LogP contribution in [0.15, 0.2) is 34.6 Å². The summed E-state index contributed by atoms with van der Waals surface area (Å²) in [6.45, 7) is 8.03. The van der Waals surface area contributed by atoms with Crippen LogP contribution in [-0.4, -0.2) is 11.8 Å². The summed E-state index contributed by atoms with van der Waals surface area (Å²) in [5.74, 6) is 0.786. The summed E-state index contributed by atoms with van der Waals surface area (Å²) in [5.41, 5.74) is 2.56. The number of hydrogen-bond acceptors (Lipinski definition) is 3. The average Bonchev–Trinajstić information content (AvgIpc) is 2.65. The minimum atomic E-state index is -0.255. The lowest BCUT2D eigenvalue weighted by Crippen LogP contribution is -2.43. The zero-order valence-electron chi connectivity index (χ0n) is 11.7. The third-order valence-corrected chi connectivity index (χ3v) is 5.33. The first kappa shape index (κ1) is 12.4. The number of fused-ring (bicyclic) bond motifs is 2. The van der Waals surface area contributed by atoms with Crippen molar-refractivity contribution in [2.24, 2.45) is 17.3 Å². The molecule has 100 valence electrons. The molecule has 3 nitrogen and oxygen atoms in total. The fourth-order valence-electron chi connectivity index (χ4n) is 3.64. The molecular weight excluding hydrogens is 240 g/mol. The van der Waals surface area contributed by atoms with Gasteiger partial charge in [-0.05, 0) is 24.5 Å². The molecule has 0 aromatic rings. The van der Waals surface area contributed by atoms with Crippen molar-refractivity contribution in [2.75, 3.05) is 0 Å². The largest absolute Gasteiger partial charge is 0.423 e. The first-order chi connectivity index (χ1) is 8.87. The van der Waals surface area contributed by atoms with Crippen molar-refractivity contribution in [2.45, 2.75) is 34.1 Å². The number of carbonyl (C=O) groups excluding carboxylic acids is 2. The lowest BCUT2D eigenvalue weighted by Gasteiger charge is -2.46. The Balaban J connectivity index is 2.24. The third kappa shape index (κ3) is 1.38. The second-order valence-electron chi connectivity index (χ2n) is 5.99. The summed E-state index contributed by atoms with van der Waals surface area (Å²) in [4.78, 5) is 23.8. The zero-order chi connectivity index (χ0) is 13.9. The number of ketones is 1. The minimum Gasteiger partial charge on any atom is -0.423 e. The molecule has 2 aliphatic carbocycles. The molecule has 3 heteroatoms. The van der Waals surface area contributed by atoms with E-state index in [4.69, 9.17) is 4.74 Å². The highest BCUT2D eigenvalue weighted by atomic mass is 16.5. The molecule has 0 aromatic heterocycles. The van der Waals surface area contributed by atoms with Crippen molar-refractivity contribution >= 4 is 11.8 Å². The van der Waals surface area contributed by atoms with Crippen LogP contribution in [-0.2, 0) is 14.3 Å². The van der Waals surface area contributed by atoms with Gasteiger partial charge in [-0.3, -0.25) is 4.79 Å². The molecule has 0 bridgehead atoms. The summed E-state index contributed by atoms with van der Waals surface area (Å²) in [6.07, 6.45) is 4.42. The zero-order valence-corrected chi connectivity index (χ0v) is 11.7. The van der Waals surface area contributed by atoms with Crippen molar-refractivity contribution in [1.82, 2.24) is 0 Å². The molecule has 0 aromatic carbocycles. The van der Waals surface area contributed by atoms with Gasteiger partial charge in [-0.2, -0.15) is 0 Å². The van der Waals surface area contributed by atoms with Gasteiger partial charge >= 0.3 is 5.97 Å². The molecule has 3 atom stereocenters. The number of carbonyl (C=O) groups is 2. The molecule has 0 saturated heterocycles. The standard InChI is InChI=1S/C16H18O3/c1-8-14-10(3)16(4)9(2)12(17)6-5-11(16)7-13(14)19-15(8)18/h5,7,9-10H,6H2,1-4H3. The molecule has 3 unspecified atom stereocenters. The first-order valence-electron chi connectivity index (χ1n) is 6.75. The lowest BCUT2D eigenvalue weighted by atomic mass is 9.56. The molecule has 3 aliphatic rings. The molecule has 1 aliphatic heterocycles. The van der Waals surface area contributed by atoms with Gasteiger partial charge in [-0.15, -0.1) is 0 Å². The van der Waals surface area contributed by atoms with Gasteiger partial charge < -0.3 is 4.74 Å². The number of esters is 1. The summed E-state index contributed by atoms with van der Waals surface area (Å²) < 4.78 is 5.33. The van der Waals surface area contributed by atoms with E-state index in [0.717, 1.165) is 11.1 Å².